The van der Waals surface area contributed by atoms with Gasteiger partial charge in [0.05, 0.1) is 18.1 Å². The van der Waals surface area contributed by atoms with Crippen molar-refractivity contribution in [2.45, 2.75) is 38.9 Å². The molecule has 1 aliphatic rings. The Morgan fingerprint density at radius 3 is 2.93 bits per heavy atom. The van der Waals surface area contributed by atoms with Gasteiger partial charge in [0.1, 0.15) is 23.2 Å². The topological polar surface area (TPSA) is 80.1 Å². The van der Waals surface area contributed by atoms with Crippen LogP contribution in [0.3, 0.4) is 0 Å². The monoisotopic (exact) mass is 429 g/mol. The van der Waals surface area contributed by atoms with Crippen LogP contribution in [0.1, 0.15) is 31.2 Å². The number of rotatable bonds is 5. The van der Waals surface area contributed by atoms with Crippen LogP contribution >= 0.6 is 11.6 Å². The van der Waals surface area contributed by atoms with Gasteiger partial charge in [-0.25, -0.2) is 14.4 Å². The number of carbonyl (C=O) groups is 2. The third-order valence-electron chi connectivity index (χ3n) is 5.29. The summed E-state index contributed by atoms with van der Waals surface area (Å²) in [6.45, 7) is 2.64. The van der Waals surface area contributed by atoms with Gasteiger partial charge < -0.3 is 14.8 Å². The number of hydrogen-bond acceptors (Lipinski definition) is 4. The number of nitrogens with one attached hydrogen (secondary N) is 1. The molecule has 3 heterocycles. The van der Waals surface area contributed by atoms with E-state index in [0.717, 1.165) is 12.0 Å². The molecule has 1 saturated heterocycles. The van der Waals surface area contributed by atoms with Gasteiger partial charge in [-0.15, -0.1) is 0 Å². The highest BCUT2D eigenvalue weighted by Crippen LogP contribution is 2.21. The summed E-state index contributed by atoms with van der Waals surface area (Å²) < 4.78 is 15.4. The summed E-state index contributed by atoms with van der Waals surface area (Å²) in [6, 6.07) is 7.73. The molecule has 156 valence electrons. The van der Waals surface area contributed by atoms with E-state index >= 15 is 0 Å². The van der Waals surface area contributed by atoms with E-state index in [4.69, 9.17) is 11.6 Å². The SMILES string of the molecule is CC(=O)N1CCCC1C(=O)NCc1nc2cccnc2n1Cc1ccc(F)c(Cl)c1. The fraction of sp³-hybridized carbons (Fsp3) is 0.333. The van der Waals surface area contributed by atoms with E-state index in [9.17, 15) is 14.0 Å². The summed E-state index contributed by atoms with van der Waals surface area (Å²) in [4.78, 5) is 35.0. The van der Waals surface area contributed by atoms with E-state index in [1.807, 2.05) is 10.6 Å². The molecule has 0 saturated carbocycles. The van der Waals surface area contributed by atoms with Gasteiger partial charge in [-0.05, 0) is 42.7 Å². The van der Waals surface area contributed by atoms with Crippen LogP contribution in [0.4, 0.5) is 4.39 Å². The Hall–Kier alpha value is -3.00. The molecule has 2 amide bonds. The zero-order valence-electron chi connectivity index (χ0n) is 16.4. The summed E-state index contributed by atoms with van der Waals surface area (Å²) >= 11 is 5.92. The molecule has 9 heteroatoms. The molecule has 4 rings (SSSR count). The van der Waals surface area contributed by atoms with Gasteiger partial charge in [0.2, 0.25) is 11.8 Å². The number of amides is 2. The molecule has 30 heavy (non-hydrogen) atoms. The first-order chi connectivity index (χ1) is 14.4. The van der Waals surface area contributed by atoms with Gasteiger partial charge in [-0.1, -0.05) is 17.7 Å². The van der Waals surface area contributed by atoms with Crippen LogP contribution in [0, 0.1) is 5.82 Å². The van der Waals surface area contributed by atoms with Crippen LogP contribution in [0.2, 0.25) is 5.02 Å². The zero-order chi connectivity index (χ0) is 21.3. The molecular weight excluding hydrogens is 409 g/mol. The highest BCUT2D eigenvalue weighted by atomic mass is 35.5. The number of nitrogens with zero attached hydrogens (tertiary/aromatic N) is 4. The van der Waals surface area contributed by atoms with Crippen LogP contribution in [0.25, 0.3) is 11.2 Å². The number of hydrogen-bond donors (Lipinski definition) is 1. The normalized spacial score (nSPS) is 16.2. The van der Waals surface area contributed by atoms with Crippen molar-refractivity contribution in [3.05, 3.63) is 58.8 Å². The highest BCUT2D eigenvalue weighted by molar-refractivity contribution is 6.30. The summed E-state index contributed by atoms with van der Waals surface area (Å²) in [5, 5.41) is 2.95. The van der Waals surface area contributed by atoms with Gasteiger partial charge in [0.15, 0.2) is 5.65 Å². The minimum Gasteiger partial charge on any atom is -0.347 e. The van der Waals surface area contributed by atoms with Crippen LogP contribution in [0.5, 0.6) is 0 Å². The third-order valence-corrected chi connectivity index (χ3v) is 5.58. The number of fused-ring (bicyclic) bond motifs is 1. The van der Waals surface area contributed by atoms with Crippen molar-refractivity contribution in [2.75, 3.05) is 6.54 Å². The molecule has 2 aromatic heterocycles. The van der Waals surface area contributed by atoms with Crippen LogP contribution < -0.4 is 5.32 Å². The van der Waals surface area contributed by atoms with Crippen molar-refractivity contribution in [2.24, 2.45) is 0 Å². The predicted molar refractivity (Wildman–Crippen MR) is 110 cm³/mol. The van der Waals surface area contributed by atoms with Gasteiger partial charge in [0, 0.05) is 19.7 Å². The first-order valence-corrected chi connectivity index (χ1v) is 10.1. The summed E-state index contributed by atoms with van der Waals surface area (Å²) in [5.41, 5.74) is 2.15. The third kappa shape index (κ3) is 4.00. The van der Waals surface area contributed by atoms with Crippen molar-refractivity contribution in [3.8, 4) is 0 Å². The Morgan fingerprint density at radius 1 is 1.33 bits per heavy atom. The molecule has 1 aliphatic heterocycles. The average molecular weight is 430 g/mol. The number of imidazole rings is 1. The number of aromatic nitrogens is 3. The van der Waals surface area contributed by atoms with Gasteiger partial charge in [-0.3, -0.25) is 9.59 Å². The minimum atomic E-state index is -0.479. The first kappa shape index (κ1) is 20.3. The molecule has 1 N–H and O–H groups in total. The van der Waals surface area contributed by atoms with E-state index in [2.05, 4.69) is 15.3 Å². The first-order valence-electron chi connectivity index (χ1n) is 9.73. The number of likely N-dealkylation sites (tertiary alicyclic amines) is 1. The number of benzene rings is 1. The molecule has 1 aromatic carbocycles. The molecular formula is C21H21ClFN5O2. The lowest BCUT2D eigenvalue weighted by molar-refractivity contribution is -0.136. The summed E-state index contributed by atoms with van der Waals surface area (Å²) in [5.74, 6) is -0.158. The van der Waals surface area contributed by atoms with E-state index in [-0.39, 0.29) is 23.4 Å². The summed E-state index contributed by atoms with van der Waals surface area (Å²) in [6.07, 6.45) is 3.13. The van der Waals surface area contributed by atoms with Crippen molar-refractivity contribution in [1.29, 1.82) is 0 Å². The Morgan fingerprint density at radius 2 is 2.17 bits per heavy atom. The molecule has 1 unspecified atom stereocenters. The average Bonchev–Trinajstić information content (AvgIpc) is 3.35. The number of pyridine rings is 1. The Kier molecular flexibility index (Phi) is 5.67. The van der Waals surface area contributed by atoms with Crippen LogP contribution in [0.15, 0.2) is 36.5 Å². The maximum atomic E-state index is 13.5. The minimum absolute atomic E-state index is 0.0466. The van der Waals surface area contributed by atoms with E-state index in [0.29, 0.717) is 36.5 Å². The Labute approximate surface area is 177 Å². The standard InChI is InChI=1S/C21H21ClFN5O2/c1-13(29)27-9-3-5-18(27)21(30)25-11-19-26-17-4-2-8-24-20(17)28(19)12-14-6-7-16(23)15(22)10-14/h2,4,6-8,10,18H,3,5,9,11-12H2,1H3,(H,25,30). The molecule has 7 nitrogen and oxygen atoms in total. The second kappa shape index (κ2) is 8.39. The quantitative estimate of drug-likeness (QED) is 0.676. The Balaban J connectivity index is 1.57. The molecule has 0 bridgehead atoms. The zero-order valence-corrected chi connectivity index (χ0v) is 17.2. The van der Waals surface area contributed by atoms with Crippen molar-refractivity contribution in [1.82, 2.24) is 24.8 Å². The van der Waals surface area contributed by atoms with Crippen molar-refractivity contribution >= 4 is 34.6 Å². The lowest BCUT2D eigenvalue weighted by Crippen LogP contribution is -2.45. The lowest BCUT2D eigenvalue weighted by Gasteiger charge is -2.22. The second-order valence-electron chi connectivity index (χ2n) is 7.30. The molecule has 0 spiro atoms. The molecule has 0 aliphatic carbocycles. The maximum Gasteiger partial charge on any atom is 0.243 e. The molecule has 1 atom stereocenters. The second-order valence-corrected chi connectivity index (χ2v) is 7.70. The molecule has 3 aromatic rings. The van der Waals surface area contributed by atoms with Crippen LogP contribution in [-0.2, 0) is 22.7 Å². The number of carbonyl (C=O) groups excluding carboxylic acids is 2. The molecule has 0 radical (unpaired) electrons. The van der Waals surface area contributed by atoms with Gasteiger partial charge in [0.25, 0.3) is 0 Å². The fourth-order valence-electron chi connectivity index (χ4n) is 3.83. The highest BCUT2D eigenvalue weighted by Gasteiger charge is 2.32. The van der Waals surface area contributed by atoms with Crippen LogP contribution in [-0.4, -0.2) is 43.8 Å². The Bertz CT molecular complexity index is 1120. The number of halogens is 2. The fourth-order valence-corrected chi connectivity index (χ4v) is 4.03. The predicted octanol–water partition coefficient (Wildman–Crippen LogP) is 2.90. The van der Waals surface area contributed by atoms with E-state index in [1.54, 1.807) is 29.3 Å². The molecule has 1 fully saturated rings. The summed E-state index contributed by atoms with van der Waals surface area (Å²) in [7, 11) is 0. The lowest BCUT2D eigenvalue weighted by atomic mass is 10.2. The van der Waals surface area contributed by atoms with Gasteiger partial charge >= 0.3 is 0 Å². The van der Waals surface area contributed by atoms with E-state index < -0.39 is 11.9 Å². The van der Waals surface area contributed by atoms with E-state index in [1.165, 1.54) is 13.0 Å². The van der Waals surface area contributed by atoms with Crippen molar-refractivity contribution in [3.63, 3.8) is 0 Å². The largest absolute Gasteiger partial charge is 0.347 e. The smallest absolute Gasteiger partial charge is 0.243 e. The maximum absolute atomic E-state index is 13.5. The van der Waals surface area contributed by atoms with Gasteiger partial charge in [-0.2, -0.15) is 0 Å². The van der Waals surface area contributed by atoms with Crippen molar-refractivity contribution < 1.29 is 14.0 Å².